The average molecular weight is 604 g/mol. The Morgan fingerprint density at radius 2 is 1.98 bits per heavy atom. The molecule has 1 aliphatic rings. The zero-order chi connectivity index (χ0) is 32.2. The van der Waals surface area contributed by atoms with Crippen LogP contribution < -0.4 is 16.4 Å². The number of hydrogen-bond donors (Lipinski definition) is 3. The molecule has 0 radical (unpaired) electrons. The molecular formula is C31H41N9O4. The topological polar surface area (TPSA) is 152 Å². The molecule has 44 heavy (non-hydrogen) atoms. The number of anilines is 1. The molecule has 0 aliphatic heterocycles. The number of carbonyl (C=O) groups is 2. The van der Waals surface area contributed by atoms with Crippen LogP contribution in [-0.4, -0.2) is 92.8 Å². The van der Waals surface area contributed by atoms with Crippen LogP contribution in [0.15, 0.2) is 73.1 Å². The number of fused-ring (bicyclic) bond motifs is 1. The number of hydrogen-bond acceptors (Lipinski definition) is 10. The molecule has 3 aromatic rings. The van der Waals surface area contributed by atoms with Crippen LogP contribution in [0.25, 0.3) is 17.0 Å². The molecule has 0 bridgehead atoms. The summed E-state index contributed by atoms with van der Waals surface area (Å²) in [6, 6.07) is 5.20. The van der Waals surface area contributed by atoms with Crippen molar-refractivity contribution >= 4 is 23.6 Å². The normalized spacial score (nSPS) is 18.3. The fourth-order valence-corrected chi connectivity index (χ4v) is 4.81. The second-order valence-electron chi connectivity index (χ2n) is 11.7. The molecule has 0 spiro atoms. The fourth-order valence-electron chi connectivity index (χ4n) is 4.81. The third-order valence-electron chi connectivity index (χ3n) is 7.06. The van der Waals surface area contributed by atoms with Gasteiger partial charge in [-0.25, -0.2) is 19.7 Å². The van der Waals surface area contributed by atoms with Gasteiger partial charge in [0.15, 0.2) is 0 Å². The van der Waals surface area contributed by atoms with E-state index in [0.717, 1.165) is 23.0 Å². The van der Waals surface area contributed by atoms with E-state index in [9.17, 15) is 9.59 Å². The van der Waals surface area contributed by atoms with Crippen molar-refractivity contribution in [3.63, 3.8) is 0 Å². The summed E-state index contributed by atoms with van der Waals surface area (Å²) in [5.41, 5.74) is 8.68. The number of aromatic nitrogens is 4. The monoisotopic (exact) mass is 603 g/mol. The molecule has 4 rings (SSSR count). The molecule has 4 N–H and O–H groups in total. The third-order valence-corrected chi connectivity index (χ3v) is 7.06. The lowest BCUT2D eigenvalue weighted by molar-refractivity contribution is -0.118. The maximum atomic E-state index is 12.5. The molecule has 2 amide bonds. The smallest absolute Gasteiger partial charge is 0.410 e. The van der Waals surface area contributed by atoms with Gasteiger partial charge in [0.1, 0.15) is 22.7 Å². The number of nitrogens with zero attached hydrogens (tertiary/aromatic N) is 6. The van der Waals surface area contributed by atoms with Gasteiger partial charge in [-0.1, -0.05) is 12.6 Å². The van der Waals surface area contributed by atoms with Crippen molar-refractivity contribution in [1.29, 1.82) is 0 Å². The van der Waals surface area contributed by atoms with Gasteiger partial charge >= 0.3 is 6.09 Å². The predicted molar refractivity (Wildman–Crippen MR) is 168 cm³/mol. The molecule has 0 fully saturated rings. The number of methoxy groups -OCH3 is 1. The van der Waals surface area contributed by atoms with Gasteiger partial charge in [0.25, 0.3) is 0 Å². The zero-order valence-electron chi connectivity index (χ0n) is 26.3. The maximum Gasteiger partial charge on any atom is 0.410 e. The summed E-state index contributed by atoms with van der Waals surface area (Å²) in [5.74, 6) is 0.306. The minimum Gasteiger partial charge on any atom is -0.495 e. The highest BCUT2D eigenvalue weighted by molar-refractivity contribution is 5.88. The number of imidazole rings is 1. The van der Waals surface area contributed by atoms with E-state index in [1.807, 2.05) is 62.4 Å². The van der Waals surface area contributed by atoms with E-state index in [4.69, 9.17) is 20.2 Å². The van der Waals surface area contributed by atoms with Crippen LogP contribution in [0.5, 0.6) is 0 Å². The van der Waals surface area contributed by atoms with Crippen molar-refractivity contribution < 1.29 is 19.1 Å². The molecule has 0 saturated carbocycles. The lowest BCUT2D eigenvalue weighted by Gasteiger charge is -2.42. The largest absolute Gasteiger partial charge is 0.495 e. The highest BCUT2D eigenvalue weighted by atomic mass is 16.6. The number of nitrogens with one attached hydrogen (secondary N) is 2. The van der Waals surface area contributed by atoms with Gasteiger partial charge in [0, 0.05) is 32.5 Å². The Morgan fingerprint density at radius 3 is 2.66 bits per heavy atom. The fraction of sp³-hybridized carbons (Fsp3) is 0.387. The summed E-state index contributed by atoms with van der Waals surface area (Å²) in [6.45, 7) is 11.8. The molecule has 234 valence electrons. The van der Waals surface area contributed by atoms with Crippen LogP contribution in [0.4, 0.5) is 10.7 Å². The van der Waals surface area contributed by atoms with Crippen LogP contribution in [0.2, 0.25) is 0 Å². The first kappa shape index (κ1) is 32.2. The summed E-state index contributed by atoms with van der Waals surface area (Å²) < 4.78 is 13.2. The Kier molecular flexibility index (Phi) is 9.40. The van der Waals surface area contributed by atoms with Crippen molar-refractivity contribution in [3.8, 4) is 11.4 Å². The summed E-state index contributed by atoms with van der Waals surface area (Å²) in [6.07, 6.45) is 9.53. The highest BCUT2D eigenvalue weighted by Gasteiger charge is 2.40. The number of pyridine rings is 1. The van der Waals surface area contributed by atoms with E-state index in [0.29, 0.717) is 36.2 Å². The molecular weight excluding hydrogens is 562 g/mol. The minimum atomic E-state index is -1.40. The first-order valence-corrected chi connectivity index (χ1v) is 14.1. The van der Waals surface area contributed by atoms with Gasteiger partial charge in [0.05, 0.1) is 36.4 Å². The molecule has 0 aromatic carbocycles. The van der Waals surface area contributed by atoms with Crippen molar-refractivity contribution in [2.24, 2.45) is 5.73 Å². The van der Waals surface area contributed by atoms with Gasteiger partial charge in [-0.15, -0.1) is 0 Å². The van der Waals surface area contributed by atoms with E-state index in [-0.39, 0.29) is 0 Å². The molecule has 3 aromatic heterocycles. The summed E-state index contributed by atoms with van der Waals surface area (Å²) in [7, 11) is 5.05. The maximum absolute atomic E-state index is 12.5. The number of nitrogens with two attached hydrogens (primary N) is 1. The zero-order valence-corrected chi connectivity index (χ0v) is 26.3. The van der Waals surface area contributed by atoms with E-state index in [2.05, 4.69) is 27.2 Å². The number of aryl methyl sites for hydroxylation is 1. The lowest BCUT2D eigenvalue weighted by atomic mass is 9.91. The van der Waals surface area contributed by atoms with Gasteiger partial charge in [-0.3, -0.25) is 14.1 Å². The van der Waals surface area contributed by atoms with E-state index in [1.54, 1.807) is 44.8 Å². The predicted octanol–water partition coefficient (Wildman–Crippen LogP) is 3.06. The lowest BCUT2D eigenvalue weighted by Crippen LogP contribution is -2.67. The average Bonchev–Trinajstić information content (AvgIpc) is 3.40. The number of rotatable bonds is 10. The van der Waals surface area contributed by atoms with Crippen LogP contribution in [0, 0.1) is 6.92 Å². The molecule has 13 heteroatoms. The second-order valence-corrected chi connectivity index (χ2v) is 11.7. The standard InChI is InChI=1S/C31H41N9O4/c1-9-26(41)37-31(32)18-22(24(43-8)17-25(31)38(6)15-16-39(7)29(42)44-30(3,4)5)36-28-33-13-12-21(35-28)23-19-34-27-20(2)11-10-14-40(23)27/h9-14,17-19,25H,1,15-16,32H2,2-8H3,(H,37,41)(H,33,35,36). The molecule has 13 nitrogen and oxygen atoms in total. The minimum absolute atomic E-state index is 0.294. The summed E-state index contributed by atoms with van der Waals surface area (Å²) >= 11 is 0. The molecule has 0 saturated heterocycles. The van der Waals surface area contributed by atoms with Crippen LogP contribution in [0.3, 0.4) is 0 Å². The van der Waals surface area contributed by atoms with Gasteiger partial charge in [0.2, 0.25) is 11.9 Å². The van der Waals surface area contributed by atoms with Gasteiger partial charge < -0.3 is 30.7 Å². The molecule has 2 atom stereocenters. The number of likely N-dealkylation sites (N-methyl/N-ethyl adjacent to an activating group) is 2. The summed E-state index contributed by atoms with van der Waals surface area (Å²) in [4.78, 5) is 42.1. The van der Waals surface area contributed by atoms with Crippen molar-refractivity contribution in [3.05, 3.63) is 78.6 Å². The SMILES string of the molecule is C=CC(=O)NC1(N)C=C(Nc2nccc(-c3cnc4c(C)cccn34)n2)C(OC)=CC1N(C)CCN(C)C(=O)OC(C)(C)C. The number of amides is 2. The Bertz CT molecular complexity index is 1610. The van der Waals surface area contributed by atoms with E-state index in [1.165, 1.54) is 4.90 Å². The van der Waals surface area contributed by atoms with Crippen molar-refractivity contribution in [2.75, 3.05) is 39.6 Å². The number of carbonyl (C=O) groups excluding carboxylic acids is 2. The first-order valence-electron chi connectivity index (χ1n) is 14.1. The van der Waals surface area contributed by atoms with E-state index >= 15 is 0 Å². The second kappa shape index (κ2) is 12.9. The Labute approximate surface area is 257 Å². The third kappa shape index (κ3) is 7.24. The number of ether oxygens (including phenoxy) is 2. The van der Waals surface area contributed by atoms with Crippen molar-refractivity contribution in [1.82, 2.24) is 34.5 Å². The molecule has 1 aliphatic carbocycles. The van der Waals surface area contributed by atoms with Crippen LogP contribution in [0.1, 0.15) is 26.3 Å². The highest BCUT2D eigenvalue weighted by Crippen LogP contribution is 2.29. The Morgan fingerprint density at radius 1 is 1.23 bits per heavy atom. The summed E-state index contributed by atoms with van der Waals surface area (Å²) in [5, 5.41) is 6.05. The molecule has 3 heterocycles. The van der Waals surface area contributed by atoms with E-state index < -0.39 is 29.3 Å². The first-order chi connectivity index (χ1) is 20.7. The Hall–Kier alpha value is -4.75. The Balaban J connectivity index is 1.60. The van der Waals surface area contributed by atoms with Gasteiger partial charge in [-0.2, -0.15) is 0 Å². The van der Waals surface area contributed by atoms with Crippen LogP contribution in [-0.2, 0) is 14.3 Å². The van der Waals surface area contributed by atoms with Crippen molar-refractivity contribution in [2.45, 2.75) is 45.0 Å². The quantitative estimate of drug-likeness (QED) is 0.233. The molecule has 2 unspecified atom stereocenters. The van der Waals surface area contributed by atoms with Gasteiger partial charge in [-0.05, 0) is 70.7 Å². The van der Waals surface area contributed by atoms with Crippen LogP contribution >= 0.6 is 0 Å².